The molecule has 1 aromatic heterocycles. The molecule has 0 radical (unpaired) electrons. The zero-order chi connectivity index (χ0) is 16.3. The minimum Gasteiger partial charge on any atom is -0.466 e. The highest BCUT2D eigenvalue weighted by Crippen LogP contribution is 2.34. The summed E-state index contributed by atoms with van der Waals surface area (Å²) in [5.41, 5.74) is 1.63. The van der Waals surface area contributed by atoms with Gasteiger partial charge in [0.25, 0.3) is 5.91 Å². The van der Waals surface area contributed by atoms with E-state index in [2.05, 4.69) is 16.3 Å². The van der Waals surface area contributed by atoms with Crippen LogP contribution in [0.1, 0.15) is 36.5 Å². The summed E-state index contributed by atoms with van der Waals surface area (Å²) in [5.74, 6) is -0.610. The van der Waals surface area contributed by atoms with Crippen LogP contribution in [0.2, 0.25) is 0 Å². The van der Waals surface area contributed by atoms with Crippen molar-refractivity contribution < 1.29 is 14.3 Å². The Labute approximate surface area is 134 Å². The smallest absolute Gasteiger partial charge is 0.333 e. The summed E-state index contributed by atoms with van der Waals surface area (Å²) in [7, 11) is 1.31. The summed E-state index contributed by atoms with van der Waals surface area (Å²) in [6.45, 7) is 8.04. The van der Waals surface area contributed by atoms with Crippen LogP contribution >= 0.6 is 11.3 Å². The molecule has 0 aromatic carbocycles. The van der Waals surface area contributed by atoms with Crippen molar-refractivity contribution in [3.63, 3.8) is 0 Å². The van der Waals surface area contributed by atoms with Crippen molar-refractivity contribution >= 4 is 23.2 Å². The Balaban J connectivity index is 2.14. The van der Waals surface area contributed by atoms with Gasteiger partial charge in [-0.15, -0.1) is 11.3 Å². The number of carbonyl (C=O) groups is 2. The van der Waals surface area contributed by atoms with E-state index in [0.717, 1.165) is 23.5 Å². The monoisotopic (exact) mass is 320 g/mol. The standard InChI is InChI=1S/C16H20N2O3S/c1-10(8-11(2)16(20)21-4)15(19)18-7-5-6-13(18)14-17-12(3)9-22-14/h8-9,13H,1,5-7H2,2-4H3. The van der Waals surface area contributed by atoms with E-state index in [4.69, 9.17) is 0 Å². The Hall–Kier alpha value is -1.95. The quantitative estimate of drug-likeness (QED) is 0.486. The molecule has 0 spiro atoms. The Bertz CT molecular complexity index is 633. The fraction of sp³-hybridized carbons (Fsp3) is 0.438. The van der Waals surface area contributed by atoms with E-state index < -0.39 is 5.97 Å². The first-order valence-corrected chi connectivity index (χ1v) is 8.00. The van der Waals surface area contributed by atoms with Crippen molar-refractivity contribution in [2.75, 3.05) is 13.7 Å². The fourth-order valence-corrected chi connectivity index (χ4v) is 3.46. The highest BCUT2D eigenvalue weighted by atomic mass is 32.1. The van der Waals surface area contributed by atoms with Gasteiger partial charge in [-0.3, -0.25) is 4.79 Å². The van der Waals surface area contributed by atoms with E-state index in [9.17, 15) is 9.59 Å². The van der Waals surface area contributed by atoms with Gasteiger partial charge in [0.05, 0.1) is 13.2 Å². The maximum Gasteiger partial charge on any atom is 0.333 e. The molecule has 1 aliphatic rings. The van der Waals surface area contributed by atoms with Gasteiger partial charge >= 0.3 is 5.97 Å². The molecule has 1 fully saturated rings. The van der Waals surface area contributed by atoms with Crippen molar-refractivity contribution in [1.82, 2.24) is 9.88 Å². The molecule has 1 saturated heterocycles. The number of rotatable bonds is 4. The van der Waals surface area contributed by atoms with Crippen molar-refractivity contribution in [1.29, 1.82) is 0 Å². The number of carbonyl (C=O) groups excluding carboxylic acids is 2. The lowest BCUT2D eigenvalue weighted by Gasteiger charge is -2.23. The third kappa shape index (κ3) is 3.44. The number of nitrogens with zero attached hydrogens (tertiary/aromatic N) is 2. The van der Waals surface area contributed by atoms with Crippen molar-refractivity contribution in [2.24, 2.45) is 0 Å². The van der Waals surface area contributed by atoms with Crippen molar-refractivity contribution in [3.05, 3.63) is 39.9 Å². The third-order valence-corrected chi connectivity index (χ3v) is 4.67. The van der Waals surface area contributed by atoms with Gasteiger partial charge in [-0.2, -0.15) is 0 Å². The number of hydrogen-bond donors (Lipinski definition) is 0. The second-order valence-electron chi connectivity index (χ2n) is 5.33. The Morgan fingerprint density at radius 1 is 1.55 bits per heavy atom. The van der Waals surface area contributed by atoms with Crippen LogP contribution in [-0.4, -0.2) is 35.4 Å². The van der Waals surface area contributed by atoms with Gasteiger partial charge in [0.1, 0.15) is 5.01 Å². The third-order valence-electron chi connectivity index (χ3n) is 3.61. The average molecular weight is 320 g/mol. The molecule has 1 unspecified atom stereocenters. The number of ether oxygens (including phenoxy) is 1. The number of methoxy groups -OCH3 is 1. The molecular weight excluding hydrogens is 300 g/mol. The molecule has 5 nitrogen and oxygen atoms in total. The van der Waals surface area contributed by atoms with E-state index in [1.807, 2.05) is 12.3 Å². The predicted octanol–water partition coefficient (Wildman–Crippen LogP) is 2.79. The molecule has 2 heterocycles. The number of hydrogen-bond acceptors (Lipinski definition) is 5. The topological polar surface area (TPSA) is 59.5 Å². The van der Waals surface area contributed by atoms with E-state index in [1.165, 1.54) is 13.2 Å². The normalized spacial score (nSPS) is 18.4. The van der Waals surface area contributed by atoms with Crippen LogP contribution in [0.5, 0.6) is 0 Å². The van der Waals surface area contributed by atoms with Gasteiger partial charge in [0, 0.05) is 28.8 Å². The van der Waals surface area contributed by atoms with Crippen LogP contribution in [0.4, 0.5) is 0 Å². The molecule has 1 amide bonds. The summed E-state index contributed by atoms with van der Waals surface area (Å²) in [4.78, 5) is 30.3. The first-order chi connectivity index (χ1) is 10.4. The lowest BCUT2D eigenvalue weighted by molar-refractivity contribution is -0.136. The minimum atomic E-state index is -0.456. The highest BCUT2D eigenvalue weighted by molar-refractivity contribution is 7.09. The summed E-state index contributed by atoms with van der Waals surface area (Å²) in [6.07, 6.45) is 3.34. The van der Waals surface area contributed by atoms with E-state index >= 15 is 0 Å². The van der Waals surface area contributed by atoms with Gasteiger partial charge in [0.2, 0.25) is 0 Å². The van der Waals surface area contributed by atoms with Crippen LogP contribution in [0.15, 0.2) is 29.2 Å². The maximum absolute atomic E-state index is 12.6. The van der Waals surface area contributed by atoms with Gasteiger partial charge in [0.15, 0.2) is 0 Å². The molecule has 0 saturated carbocycles. The molecular formula is C16H20N2O3S. The molecule has 1 aliphatic heterocycles. The molecule has 118 valence electrons. The van der Waals surface area contributed by atoms with Crippen LogP contribution in [-0.2, 0) is 14.3 Å². The number of likely N-dealkylation sites (tertiary alicyclic amines) is 1. The fourth-order valence-electron chi connectivity index (χ4n) is 2.52. The second-order valence-corrected chi connectivity index (χ2v) is 6.22. The maximum atomic E-state index is 12.6. The van der Waals surface area contributed by atoms with Crippen LogP contribution < -0.4 is 0 Å². The molecule has 0 bridgehead atoms. The molecule has 6 heteroatoms. The van der Waals surface area contributed by atoms with Crippen molar-refractivity contribution in [3.8, 4) is 0 Å². The summed E-state index contributed by atoms with van der Waals surface area (Å²) in [6, 6.07) is 0.00906. The molecule has 0 N–H and O–H groups in total. The Morgan fingerprint density at radius 2 is 2.27 bits per heavy atom. The number of esters is 1. The minimum absolute atomic E-state index is 0.00906. The molecule has 1 aromatic rings. The van der Waals surface area contributed by atoms with E-state index in [-0.39, 0.29) is 11.9 Å². The van der Waals surface area contributed by atoms with Crippen LogP contribution in [0.25, 0.3) is 0 Å². The number of amides is 1. The first kappa shape index (κ1) is 16.4. The lowest BCUT2D eigenvalue weighted by Crippen LogP contribution is -2.31. The van der Waals surface area contributed by atoms with Gasteiger partial charge in [-0.25, -0.2) is 9.78 Å². The van der Waals surface area contributed by atoms with E-state index in [1.54, 1.807) is 23.2 Å². The molecule has 1 atom stereocenters. The van der Waals surface area contributed by atoms with Crippen LogP contribution in [0.3, 0.4) is 0 Å². The lowest BCUT2D eigenvalue weighted by atomic mass is 10.1. The van der Waals surface area contributed by atoms with Gasteiger partial charge in [-0.1, -0.05) is 6.58 Å². The molecule has 2 rings (SSSR count). The predicted molar refractivity (Wildman–Crippen MR) is 85.5 cm³/mol. The van der Waals surface area contributed by atoms with E-state index in [0.29, 0.717) is 17.7 Å². The van der Waals surface area contributed by atoms with Gasteiger partial charge < -0.3 is 9.64 Å². The molecule has 0 aliphatic carbocycles. The zero-order valence-corrected chi connectivity index (χ0v) is 13.9. The number of thiazole rings is 1. The summed E-state index contributed by atoms with van der Waals surface area (Å²) >= 11 is 1.58. The second kappa shape index (κ2) is 6.87. The average Bonchev–Trinajstić information content (AvgIpc) is 3.13. The SMILES string of the molecule is C=C(C=C(C)C(=O)OC)C(=O)N1CCCC1c1nc(C)cs1. The first-order valence-electron chi connectivity index (χ1n) is 7.12. The Kier molecular flexibility index (Phi) is 5.13. The van der Waals surface area contributed by atoms with Crippen molar-refractivity contribution in [2.45, 2.75) is 32.7 Å². The Morgan fingerprint density at radius 3 is 2.86 bits per heavy atom. The van der Waals surface area contributed by atoms with Gasteiger partial charge in [-0.05, 0) is 32.8 Å². The zero-order valence-electron chi connectivity index (χ0n) is 13.1. The van der Waals surface area contributed by atoms with Crippen LogP contribution in [0, 0.1) is 6.92 Å². The molecule has 22 heavy (non-hydrogen) atoms. The summed E-state index contributed by atoms with van der Waals surface area (Å²) < 4.78 is 4.63. The highest BCUT2D eigenvalue weighted by Gasteiger charge is 2.32. The number of aryl methyl sites for hydroxylation is 1. The largest absolute Gasteiger partial charge is 0.466 e. The summed E-state index contributed by atoms with van der Waals surface area (Å²) in [5, 5.41) is 2.96. The number of aromatic nitrogens is 1.